The number of carbonyl (C=O) groups is 1. The third-order valence-electron chi connectivity index (χ3n) is 0.853. The molecule has 0 aromatic heterocycles. The van der Waals surface area contributed by atoms with Crippen LogP contribution in [0, 0.1) is 0 Å². The van der Waals surface area contributed by atoms with Gasteiger partial charge in [-0.2, -0.15) is 0 Å². The van der Waals surface area contributed by atoms with Gasteiger partial charge in [-0.3, -0.25) is 0 Å². The van der Waals surface area contributed by atoms with E-state index in [9.17, 15) is 4.79 Å². The molecule has 0 fully saturated rings. The summed E-state index contributed by atoms with van der Waals surface area (Å²) in [7, 11) is 0. The molecule has 0 amide bonds. The van der Waals surface area contributed by atoms with Crippen LogP contribution in [0.15, 0.2) is 11.9 Å². The standard InChI is InChI=1S/C5H12N4O/c6-3-5(7)4-9(8)1-2-10/h2,4H,1,3,6-8H2/b5-4-. The number of hydrazine groups is 1. The van der Waals surface area contributed by atoms with Gasteiger partial charge in [0.15, 0.2) is 0 Å². The average Bonchev–Trinajstić information content (AvgIpc) is 1.88. The van der Waals surface area contributed by atoms with Crippen LogP contribution in [0.4, 0.5) is 0 Å². The zero-order valence-corrected chi connectivity index (χ0v) is 5.66. The van der Waals surface area contributed by atoms with Gasteiger partial charge in [0, 0.05) is 18.4 Å². The third kappa shape index (κ3) is 3.88. The molecule has 0 aromatic carbocycles. The number of hydrogen-bond donors (Lipinski definition) is 3. The Morgan fingerprint density at radius 3 is 2.60 bits per heavy atom. The van der Waals surface area contributed by atoms with Crippen LogP contribution in [0.2, 0.25) is 0 Å². The van der Waals surface area contributed by atoms with Gasteiger partial charge in [-0.25, -0.2) is 5.84 Å². The largest absolute Gasteiger partial charge is 0.400 e. The minimum Gasteiger partial charge on any atom is -0.400 e. The Morgan fingerprint density at radius 1 is 1.60 bits per heavy atom. The number of aldehydes is 1. The Bertz CT molecular complexity index is 134. The van der Waals surface area contributed by atoms with Crippen molar-refractivity contribution >= 4 is 6.29 Å². The molecule has 0 spiro atoms. The van der Waals surface area contributed by atoms with Gasteiger partial charge in [-0.1, -0.05) is 0 Å². The van der Waals surface area contributed by atoms with Gasteiger partial charge < -0.3 is 21.3 Å². The van der Waals surface area contributed by atoms with Crippen LogP contribution in [0.5, 0.6) is 0 Å². The number of nitrogens with zero attached hydrogens (tertiary/aromatic N) is 1. The van der Waals surface area contributed by atoms with Crippen molar-refractivity contribution in [2.75, 3.05) is 13.1 Å². The lowest BCUT2D eigenvalue weighted by atomic mass is 10.5. The van der Waals surface area contributed by atoms with Crippen molar-refractivity contribution in [2.45, 2.75) is 0 Å². The Kier molecular flexibility index (Phi) is 4.26. The maximum atomic E-state index is 9.86. The highest BCUT2D eigenvalue weighted by atomic mass is 16.1. The number of nitrogens with two attached hydrogens (primary N) is 3. The Labute approximate surface area is 59.4 Å². The van der Waals surface area contributed by atoms with Gasteiger partial charge in [0.05, 0.1) is 6.54 Å². The summed E-state index contributed by atoms with van der Waals surface area (Å²) in [5.41, 5.74) is 10.9. The Balaban J connectivity index is 3.73. The van der Waals surface area contributed by atoms with Crippen LogP contribution in [-0.2, 0) is 4.79 Å². The lowest BCUT2D eigenvalue weighted by molar-refractivity contribution is -0.108. The molecule has 0 aliphatic heterocycles. The summed E-state index contributed by atoms with van der Waals surface area (Å²) in [4.78, 5) is 9.86. The zero-order valence-electron chi connectivity index (χ0n) is 5.66. The SMILES string of the molecule is NC/C(N)=C/N(N)CC=O. The molecule has 10 heavy (non-hydrogen) atoms. The summed E-state index contributed by atoms with van der Waals surface area (Å²) in [6.07, 6.45) is 2.11. The minimum absolute atomic E-state index is 0.126. The van der Waals surface area contributed by atoms with Gasteiger partial charge >= 0.3 is 0 Å². The van der Waals surface area contributed by atoms with Crippen LogP contribution in [0.25, 0.3) is 0 Å². The van der Waals surface area contributed by atoms with E-state index in [0.29, 0.717) is 12.0 Å². The molecule has 0 unspecified atom stereocenters. The van der Waals surface area contributed by atoms with Crippen molar-refractivity contribution in [1.82, 2.24) is 5.01 Å². The highest BCUT2D eigenvalue weighted by molar-refractivity contribution is 5.52. The first-order valence-corrected chi connectivity index (χ1v) is 2.82. The van der Waals surface area contributed by atoms with Crippen molar-refractivity contribution in [3.63, 3.8) is 0 Å². The van der Waals surface area contributed by atoms with Crippen LogP contribution in [-0.4, -0.2) is 24.4 Å². The fraction of sp³-hybridized carbons (Fsp3) is 0.400. The second-order valence-corrected chi connectivity index (χ2v) is 1.77. The van der Waals surface area contributed by atoms with E-state index in [-0.39, 0.29) is 13.1 Å². The predicted octanol–water partition coefficient (Wildman–Crippen LogP) is -1.88. The molecule has 58 valence electrons. The first-order chi connectivity index (χ1) is 4.70. The average molecular weight is 144 g/mol. The van der Waals surface area contributed by atoms with E-state index < -0.39 is 0 Å². The number of rotatable bonds is 4. The molecule has 0 heterocycles. The van der Waals surface area contributed by atoms with E-state index in [2.05, 4.69) is 0 Å². The molecule has 0 aromatic rings. The summed E-state index contributed by atoms with van der Waals surface area (Å²) in [5.74, 6) is 5.25. The van der Waals surface area contributed by atoms with Crippen molar-refractivity contribution in [1.29, 1.82) is 0 Å². The quantitative estimate of drug-likeness (QED) is 0.244. The Hall–Kier alpha value is -1.07. The molecular formula is C5H12N4O. The summed E-state index contributed by atoms with van der Waals surface area (Å²) < 4.78 is 0. The van der Waals surface area contributed by atoms with Crippen molar-refractivity contribution in [3.05, 3.63) is 11.9 Å². The molecule has 0 saturated heterocycles. The fourth-order valence-corrected chi connectivity index (χ4v) is 0.404. The van der Waals surface area contributed by atoms with E-state index >= 15 is 0 Å². The maximum absolute atomic E-state index is 9.86. The Morgan fingerprint density at radius 2 is 2.20 bits per heavy atom. The normalized spacial score (nSPS) is 11.2. The van der Waals surface area contributed by atoms with Gasteiger partial charge in [-0.15, -0.1) is 0 Å². The summed E-state index contributed by atoms with van der Waals surface area (Å²) in [5, 5.41) is 1.18. The van der Waals surface area contributed by atoms with Gasteiger partial charge in [-0.05, 0) is 0 Å². The summed E-state index contributed by atoms with van der Waals surface area (Å²) in [6, 6.07) is 0. The second-order valence-electron chi connectivity index (χ2n) is 1.77. The molecule has 0 rings (SSSR count). The first-order valence-electron chi connectivity index (χ1n) is 2.82. The molecule has 5 nitrogen and oxygen atoms in total. The molecule has 0 bridgehead atoms. The number of hydrogen-bond acceptors (Lipinski definition) is 5. The molecule has 0 aliphatic carbocycles. The maximum Gasteiger partial charge on any atom is 0.140 e. The monoisotopic (exact) mass is 144 g/mol. The van der Waals surface area contributed by atoms with Crippen molar-refractivity contribution in [2.24, 2.45) is 17.3 Å². The van der Waals surface area contributed by atoms with Crippen LogP contribution < -0.4 is 17.3 Å². The molecule has 0 saturated carbocycles. The highest BCUT2D eigenvalue weighted by Crippen LogP contribution is 1.81. The van der Waals surface area contributed by atoms with E-state index in [4.69, 9.17) is 17.3 Å². The molecule has 0 radical (unpaired) electrons. The summed E-state index contributed by atoms with van der Waals surface area (Å²) in [6.45, 7) is 0.368. The van der Waals surface area contributed by atoms with E-state index in [1.165, 1.54) is 11.2 Å². The van der Waals surface area contributed by atoms with Crippen LogP contribution in [0.1, 0.15) is 0 Å². The number of carbonyl (C=O) groups excluding carboxylic acids is 1. The van der Waals surface area contributed by atoms with E-state index in [1.807, 2.05) is 0 Å². The topological polar surface area (TPSA) is 98.4 Å². The van der Waals surface area contributed by atoms with Crippen molar-refractivity contribution in [3.8, 4) is 0 Å². The summed E-state index contributed by atoms with van der Waals surface area (Å²) >= 11 is 0. The zero-order chi connectivity index (χ0) is 7.98. The molecular weight excluding hydrogens is 132 g/mol. The van der Waals surface area contributed by atoms with E-state index in [1.54, 1.807) is 0 Å². The van der Waals surface area contributed by atoms with Gasteiger partial charge in [0.25, 0.3) is 0 Å². The van der Waals surface area contributed by atoms with Gasteiger partial charge in [0.2, 0.25) is 0 Å². The predicted molar refractivity (Wildman–Crippen MR) is 38.3 cm³/mol. The first kappa shape index (κ1) is 8.93. The molecule has 5 heteroatoms. The fourth-order valence-electron chi connectivity index (χ4n) is 0.404. The third-order valence-corrected chi connectivity index (χ3v) is 0.853. The highest BCUT2D eigenvalue weighted by Gasteiger charge is 1.90. The van der Waals surface area contributed by atoms with E-state index in [0.717, 1.165) is 0 Å². The van der Waals surface area contributed by atoms with Crippen molar-refractivity contribution < 1.29 is 4.79 Å². The second kappa shape index (κ2) is 4.78. The minimum atomic E-state index is 0.126. The van der Waals surface area contributed by atoms with Crippen LogP contribution >= 0.6 is 0 Å². The molecule has 0 aliphatic rings. The molecule has 0 atom stereocenters. The lowest BCUT2D eigenvalue weighted by Crippen LogP contribution is -2.29. The lowest BCUT2D eigenvalue weighted by Gasteiger charge is -2.09. The van der Waals surface area contributed by atoms with Crippen LogP contribution in [0.3, 0.4) is 0 Å². The van der Waals surface area contributed by atoms with Gasteiger partial charge in [0.1, 0.15) is 6.29 Å². The molecule has 6 N–H and O–H groups in total. The smallest absolute Gasteiger partial charge is 0.140 e.